The zero-order valence-corrected chi connectivity index (χ0v) is 26.3. The molecule has 0 heterocycles. The van der Waals surface area contributed by atoms with Gasteiger partial charge < -0.3 is 28.4 Å². The van der Waals surface area contributed by atoms with E-state index in [4.69, 9.17) is 51.6 Å². The lowest BCUT2D eigenvalue weighted by Gasteiger charge is -2.11. The van der Waals surface area contributed by atoms with E-state index in [1.165, 1.54) is 48.5 Å². The topological polar surface area (TPSA) is 124 Å². The van der Waals surface area contributed by atoms with Crippen LogP contribution in [-0.2, 0) is 19.1 Å². The molecule has 3 aromatic rings. The largest absolute Gasteiger partial charge is 0.494 e. The Morgan fingerprint density at radius 3 is 1.28 bits per heavy atom. The summed E-state index contributed by atoms with van der Waals surface area (Å²) in [6.07, 6.45) is 4.76. The van der Waals surface area contributed by atoms with E-state index in [0.29, 0.717) is 50.4 Å². The number of esters is 4. The Kier molecular flexibility index (Phi) is 14.6. The molecule has 0 aliphatic rings. The van der Waals surface area contributed by atoms with Crippen molar-refractivity contribution in [2.45, 2.75) is 25.7 Å². The van der Waals surface area contributed by atoms with E-state index < -0.39 is 23.9 Å². The summed E-state index contributed by atoms with van der Waals surface area (Å²) in [5, 5.41) is 0.344. The summed E-state index contributed by atoms with van der Waals surface area (Å²) in [6.45, 7) is 7.96. The van der Waals surface area contributed by atoms with Crippen molar-refractivity contribution < 1.29 is 47.6 Å². The van der Waals surface area contributed by atoms with Gasteiger partial charge in [0.2, 0.25) is 0 Å². The molecule has 0 radical (unpaired) electrons. The monoisotopic (exact) mass is 670 g/mol. The molecule has 0 N–H and O–H groups in total. The second kappa shape index (κ2) is 18.9. The van der Waals surface area contributed by atoms with Crippen molar-refractivity contribution in [2.24, 2.45) is 0 Å². The van der Waals surface area contributed by atoms with Gasteiger partial charge in [-0.3, -0.25) is 0 Å². The average molecular weight is 672 g/mol. The number of unbranched alkanes of at least 4 members (excludes halogenated alkanes) is 2. The molecule has 0 saturated carbocycles. The Bertz CT molecular complexity index is 1420. The summed E-state index contributed by atoms with van der Waals surface area (Å²) in [6, 6.07) is 15.0. The van der Waals surface area contributed by atoms with Crippen molar-refractivity contribution in [3.63, 3.8) is 0 Å². The van der Waals surface area contributed by atoms with Crippen molar-refractivity contribution in [3.05, 3.63) is 107 Å². The highest BCUT2D eigenvalue weighted by molar-refractivity contribution is 6.32. The molecule has 0 fully saturated rings. The van der Waals surface area contributed by atoms with E-state index in [1.54, 1.807) is 12.1 Å². The molecule has 0 atom stereocenters. The van der Waals surface area contributed by atoms with Gasteiger partial charge in [0.25, 0.3) is 0 Å². The lowest BCUT2D eigenvalue weighted by atomic mass is 10.1. The molecule has 242 valence electrons. The highest BCUT2D eigenvalue weighted by Crippen LogP contribution is 2.31. The van der Waals surface area contributed by atoms with Crippen LogP contribution in [0.25, 0.3) is 0 Å². The van der Waals surface area contributed by atoms with Crippen LogP contribution in [0.4, 0.5) is 0 Å². The van der Waals surface area contributed by atoms with Gasteiger partial charge >= 0.3 is 23.9 Å². The third kappa shape index (κ3) is 11.9. The fourth-order valence-electron chi connectivity index (χ4n) is 3.62. The van der Waals surface area contributed by atoms with E-state index >= 15 is 0 Å². The number of halogens is 2. The van der Waals surface area contributed by atoms with Crippen molar-refractivity contribution in [1.82, 2.24) is 0 Å². The van der Waals surface area contributed by atoms with Crippen LogP contribution in [0.15, 0.2) is 86.0 Å². The van der Waals surface area contributed by atoms with Crippen LogP contribution < -0.4 is 18.9 Å². The summed E-state index contributed by atoms with van der Waals surface area (Å²) in [5.41, 5.74) is 0.368. The van der Waals surface area contributed by atoms with Gasteiger partial charge in [0.05, 0.1) is 47.6 Å². The first-order chi connectivity index (χ1) is 22.2. The van der Waals surface area contributed by atoms with Crippen molar-refractivity contribution in [3.8, 4) is 23.0 Å². The number of hydrogen-bond acceptors (Lipinski definition) is 10. The molecule has 0 aliphatic carbocycles. The molecule has 0 spiro atoms. The summed E-state index contributed by atoms with van der Waals surface area (Å²) in [5.74, 6) is -1.06. The molecular formula is C34H32Cl2O10. The first-order valence-electron chi connectivity index (χ1n) is 14.2. The van der Waals surface area contributed by atoms with Gasteiger partial charge in [0, 0.05) is 24.3 Å². The van der Waals surface area contributed by atoms with Crippen molar-refractivity contribution >= 4 is 47.1 Å². The molecule has 0 amide bonds. The Morgan fingerprint density at radius 2 is 0.935 bits per heavy atom. The fraction of sp³-hybridized carbons (Fsp3) is 0.235. The third-order valence-electron chi connectivity index (χ3n) is 6.01. The van der Waals surface area contributed by atoms with E-state index in [1.807, 2.05) is 0 Å². The predicted octanol–water partition coefficient (Wildman–Crippen LogP) is 7.21. The second-order valence-corrected chi connectivity index (χ2v) is 10.2. The molecule has 10 nitrogen and oxygen atoms in total. The summed E-state index contributed by atoms with van der Waals surface area (Å²) in [7, 11) is 0. The molecule has 0 saturated heterocycles. The summed E-state index contributed by atoms with van der Waals surface area (Å²) < 4.78 is 31.9. The quantitative estimate of drug-likeness (QED) is 0.0593. The highest BCUT2D eigenvalue weighted by atomic mass is 35.5. The highest BCUT2D eigenvalue weighted by Gasteiger charge is 2.16. The van der Waals surface area contributed by atoms with Gasteiger partial charge in [-0.1, -0.05) is 36.4 Å². The van der Waals surface area contributed by atoms with Crippen LogP contribution in [0, 0.1) is 0 Å². The van der Waals surface area contributed by atoms with Crippen LogP contribution >= 0.6 is 23.2 Å². The standard InChI is InChI=1S/C34H32Cl2O10/c1-3-31(37)43-19-7-5-17-41-25-13-15-29(27(35)21-25)45-33(39)23-9-11-24(12-10-23)34(40)46-30-16-14-26(22-28(30)36)42-18-6-8-20-44-32(38)4-2/h3-4,9-16,21-22H,1-2,5-8,17-20H2. The smallest absolute Gasteiger partial charge is 0.343 e. The molecule has 0 bridgehead atoms. The molecular weight excluding hydrogens is 639 g/mol. The minimum Gasteiger partial charge on any atom is -0.494 e. The Balaban J connectivity index is 1.44. The lowest BCUT2D eigenvalue weighted by molar-refractivity contribution is -0.138. The zero-order valence-electron chi connectivity index (χ0n) is 24.8. The van der Waals surface area contributed by atoms with E-state index in [9.17, 15) is 19.2 Å². The Hall–Kier alpha value is -4.80. The van der Waals surface area contributed by atoms with Crippen LogP contribution in [0.3, 0.4) is 0 Å². The number of carbonyl (C=O) groups excluding carboxylic acids is 4. The van der Waals surface area contributed by atoms with Gasteiger partial charge in [-0.05, 0) is 74.2 Å². The third-order valence-corrected chi connectivity index (χ3v) is 6.60. The van der Waals surface area contributed by atoms with Crippen LogP contribution in [0.1, 0.15) is 46.4 Å². The zero-order chi connectivity index (χ0) is 33.3. The van der Waals surface area contributed by atoms with E-state index in [0.717, 1.165) is 12.2 Å². The fourth-order valence-corrected chi connectivity index (χ4v) is 4.04. The molecule has 12 heteroatoms. The Morgan fingerprint density at radius 1 is 0.565 bits per heavy atom. The van der Waals surface area contributed by atoms with Crippen molar-refractivity contribution in [1.29, 1.82) is 0 Å². The average Bonchev–Trinajstić information content (AvgIpc) is 3.06. The first kappa shape index (κ1) is 35.7. The second-order valence-electron chi connectivity index (χ2n) is 9.40. The number of hydrogen-bond donors (Lipinski definition) is 0. The maximum Gasteiger partial charge on any atom is 0.343 e. The van der Waals surface area contributed by atoms with Gasteiger partial charge in [-0.15, -0.1) is 0 Å². The molecule has 0 aliphatic heterocycles. The van der Waals surface area contributed by atoms with Gasteiger partial charge in [0.1, 0.15) is 23.0 Å². The molecule has 0 unspecified atom stereocenters. The SMILES string of the molecule is C=CC(=O)OCCCCOc1ccc(OC(=O)c2ccc(C(=O)Oc3ccc(OCCCCOC(=O)C=C)cc3Cl)cc2)c(Cl)c1. The van der Waals surface area contributed by atoms with Crippen LogP contribution in [-0.4, -0.2) is 50.3 Å². The normalized spacial score (nSPS) is 10.3. The summed E-state index contributed by atoms with van der Waals surface area (Å²) >= 11 is 12.6. The molecule has 0 aromatic heterocycles. The first-order valence-corrected chi connectivity index (χ1v) is 14.9. The predicted molar refractivity (Wildman–Crippen MR) is 171 cm³/mol. The van der Waals surface area contributed by atoms with E-state index in [2.05, 4.69) is 13.2 Å². The minimum atomic E-state index is -0.680. The van der Waals surface area contributed by atoms with Crippen LogP contribution in [0.5, 0.6) is 23.0 Å². The molecule has 3 aromatic carbocycles. The lowest BCUT2D eigenvalue weighted by Crippen LogP contribution is -2.11. The van der Waals surface area contributed by atoms with Gasteiger partial charge in [0.15, 0.2) is 0 Å². The number of carbonyl (C=O) groups is 4. The number of rotatable bonds is 18. The Labute approximate surface area is 276 Å². The minimum absolute atomic E-state index is 0.134. The number of ether oxygens (including phenoxy) is 6. The molecule has 46 heavy (non-hydrogen) atoms. The maximum atomic E-state index is 12.7. The maximum absolute atomic E-state index is 12.7. The molecule has 3 rings (SSSR count). The number of benzene rings is 3. The van der Waals surface area contributed by atoms with Gasteiger partial charge in [-0.25, -0.2) is 19.2 Å². The van der Waals surface area contributed by atoms with E-state index in [-0.39, 0.29) is 45.9 Å². The summed E-state index contributed by atoms with van der Waals surface area (Å²) in [4.78, 5) is 47.4. The van der Waals surface area contributed by atoms with Crippen molar-refractivity contribution in [2.75, 3.05) is 26.4 Å². The van der Waals surface area contributed by atoms with Gasteiger partial charge in [-0.2, -0.15) is 0 Å². The van der Waals surface area contributed by atoms with Crippen LogP contribution in [0.2, 0.25) is 10.0 Å².